The molecular formula is C45H39BF9N9O6. The van der Waals surface area contributed by atoms with Crippen molar-refractivity contribution in [3.05, 3.63) is 124 Å². The van der Waals surface area contributed by atoms with Gasteiger partial charge in [-0.1, -0.05) is 18.2 Å². The number of ether oxygens (including phenoxy) is 3. The van der Waals surface area contributed by atoms with E-state index in [1.165, 1.54) is 18.6 Å². The maximum atomic E-state index is 16.0. The summed E-state index contributed by atoms with van der Waals surface area (Å²) in [4.78, 5) is 34.3. The zero-order valence-corrected chi connectivity index (χ0v) is 37.7. The van der Waals surface area contributed by atoms with Crippen LogP contribution in [0.1, 0.15) is 88.3 Å². The van der Waals surface area contributed by atoms with E-state index >= 15 is 39.5 Å². The van der Waals surface area contributed by atoms with Gasteiger partial charge in [-0.3, -0.25) is 15.0 Å². The highest BCUT2D eigenvalue weighted by Gasteiger charge is 2.61. The van der Waals surface area contributed by atoms with E-state index in [9.17, 15) is 0 Å². The molecule has 0 radical (unpaired) electrons. The summed E-state index contributed by atoms with van der Waals surface area (Å²) in [6.07, 6.45) is -8.34. The van der Waals surface area contributed by atoms with Gasteiger partial charge in [-0.15, -0.1) is 0 Å². The molecule has 15 nitrogen and oxygen atoms in total. The van der Waals surface area contributed by atoms with Gasteiger partial charge in [0.05, 0.1) is 17.8 Å². The molecule has 0 unspecified atom stereocenters. The molecule has 70 heavy (non-hydrogen) atoms. The summed E-state index contributed by atoms with van der Waals surface area (Å²) in [6, 6.07) is 9.66. The monoisotopic (exact) mass is 983 g/mol. The average molecular weight is 984 g/mol. The Morgan fingerprint density at radius 1 is 0.429 bits per heavy atom. The van der Waals surface area contributed by atoms with Crippen LogP contribution in [-0.4, -0.2) is 70.5 Å². The minimum atomic E-state index is -4.13. The van der Waals surface area contributed by atoms with Crippen LogP contribution in [0.4, 0.5) is 39.5 Å². The lowest BCUT2D eigenvalue weighted by molar-refractivity contribution is -0.196. The Labute approximate surface area is 392 Å². The summed E-state index contributed by atoms with van der Waals surface area (Å²) in [6.45, 7) is 8.55. The molecule has 25 heteroatoms. The van der Waals surface area contributed by atoms with E-state index < -0.39 is 131 Å². The van der Waals surface area contributed by atoms with Crippen molar-refractivity contribution in [2.45, 2.75) is 96.9 Å². The van der Waals surface area contributed by atoms with Crippen LogP contribution in [0.2, 0.25) is 0 Å². The molecule has 6 heterocycles. The fourth-order valence-electron chi connectivity index (χ4n) is 7.77. The van der Waals surface area contributed by atoms with Crippen LogP contribution in [-0.2, 0) is 0 Å². The molecule has 3 saturated carbocycles. The lowest BCUT2D eigenvalue weighted by Crippen LogP contribution is -2.40. The predicted molar refractivity (Wildman–Crippen MR) is 224 cm³/mol. The molecule has 3 aliphatic rings. The van der Waals surface area contributed by atoms with Gasteiger partial charge in [0.2, 0.25) is 17.2 Å². The number of aryl methyl sites for hydroxylation is 6. The zero-order chi connectivity index (χ0) is 50.0. The van der Waals surface area contributed by atoms with E-state index in [1.54, 1.807) is 57.2 Å². The van der Waals surface area contributed by atoms with E-state index in [0.717, 1.165) is 37.5 Å². The molecule has 0 aromatic carbocycles. The summed E-state index contributed by atoms with van der Waals surface area (Å²) in [5, 5.41) is 0. The Bertz CT molecular complexity index is 2620. The van der Waals surface area contributed by atoms with Crippen LogP contribution in [0.25, 0.3) is 0 Å². The van der Waals surface area contributed by atoms with Gasteiger partial charge >= 0.3 is 25.6 Å². The molecule has 3 aliphatic carbocycles. The summed E-state index contributed by atoms with van der Waals surface area (Å²) in [5.41, 5.74) is 3.24. The molecule has 6 atom stereocenters. The van der Waals surface area contributed by atoms with Crippen LogP contribution < -0.4 is 28.2 Å². The second-order valence-electron chi connectivity index (χ2n) is 17.3. The lowest BCUT2D eigenvalue weighted by Gasteiger charge is -2.24. The molecule has 0 aliphatic heterocycles. The first-order valence-electron chi connectivity index (χ1n) is 21.7. The third kappa shape index (κ3) is 10.3. The number of aromatic nitrogens is 9. The summed E-state index contributed by atoms with van der Waals surface area (Å²) in [7, 11) is -3.01. The number of pyridine rings is 3. The Morgan fingerprint density at radius 3 is 0.943 bits per heavy atom. The Morgan fingerprint density at radius 2 is 0.700 bits per heavy atom. The molecule has 0 bridgehead atoms. The van der Waals surface area contributed by atoms with Crippen LogP contribution in [0.3, 0.4) is 0 Å². The molecule has 6 aromatic heterocycles. The van der Waals surface area contributed by atoms with E-state index in [4.69, 9.17) is 28.2 Å². The summed E-state index contributed by atoms with van der Waals surface area (Å²) >= 11 is 0. The van der Waals surface area contributed by atoms with Gasteiger partial charge in [-0.25, -0.2) is 15.0 Å². The quantitative estimate of drug-likeness (QED) is 0.0453. The van der Waals surface area contributed by atoms with Crippen molar-refractivity contribution in [2.75, 3.05) is 0 Å². The van der Waals surface area contributed by atoms with Gasteiger partial charge < -0.3 is 28.2 Å². The van der Waals surface area contributed by atoms with E-state index in [-0.39, 0.29) is 19.3 Å². The van der Waals surface area contributed by atoms with Crippen LogP contribution >= 0.6 is 0 Å². The molecule has 9 rings (SSSR count). The number of hydrogen-bond donors (Lipinski definition) is 0. The van der Waals surface area contributed by atoms with Gasteiger partial charge in [0.1, 0.15) is 17.5 Å². The van der Waals surface area contributed by atoms with Crippen molar-refractivity contribution in [1.82, 2.24) is 44.9 Å². The molecule has 0 saturated heterocycles. The number of rotatable bonds is 18. The first-order valence-corrected chi connectivity index (χ1v) is 21.7. The standard InChI is InChI=1S/C45H39BF9N9O6/c1-19-7-10-31(56-16-19)25-13-28(25)43(50,51)65-40-34(37(47)59-22(4)62-40)68-46(69-35-38(48)60-23(5)63-41(35)66-44(52,53)29-14-26(29)32-11-8-20(2)17-57-32)70-36-39(49)61-24(6)64-42(36)67-45(54,55)30-15-27(30)33-12-9-21(3)18-58-33/h7-12,16-18,25-30H,13-15H2,1-6H3/t25-,26-,27-,28-,29-,30-/m0/s1. The number of halogens is 9. The largest absolute Gasteiger partial charge is 0.864 e. The maximum absolute atomic E-state index is 16.0. The molecule has 0 spiro atoms. The molecule has 0 amide bonds. The van der Waals surface area contributed by atoms with Crippen molar-refractivity contribution in [1.29, 1.82) is 0 Å². The van der Waals surface area contributed by atoms with Crippen LogP contribution in [0.15, 0.2) is 55.0 Å². The van der Waals surface area contributed by atoms with Crippen molar-refractivity contribution in [3.63, 3.8) is 0 Å². The summed E-state index contributed by atoms with van der Waals surface area (Å²) in [5.74, 6) is -22.0. The van der Waals surface area contributed by atoms with Gasteiger partial charge in [0, 0.05) is 53.4 Å². The van der Waals surface area contributed by atoms with Gasteiger partial charge in [-0.2, -0.15) is 54.5 Å². The van der Waals surface area contributed by atoms with Gasteiger partial charge in [0.25, 0.3) is 35.5 Å². The van der Waals surface area contributed by atoms with Gasteiger partial charge in [-0.05, 0) is 95.7 Å². The maximum Gasteiger partial charge on any atom is 0.864 e. The molecule has 6 aromatic rings. The second kappa shape index (κ2) is 18.0. The fraction of sp³-hybridized carbons (Fsp3) is 0.400. The minimum Gasteiger partial charge on any atom is -0.482 e. The highest BCUT2D eigenvalue weighted by molar-refractivity contribution is 6.39. The third-order valence-corrected chi connectivity index (χ3v) is 11.7. The molecule has 3 fully saturated rings. The summed E-state index contributed by atoms with van der Waals surface area (Å²) < 4.78 is 175. The minimum absolute atomic E-state index is 0.132. The normalized spacial score (nSPS) is 20.6. The average Bonchev–Trinajstić information content (AvgIpc) is 4.13. The Kier molecular flexibility index (Phi) is 12.4. The zero-order valence-electron chi connectivity index (χ0n) is 37.7. The highest BCUT2D eigenvalue weighted by Crippen LogP contribution is 2.58. The van der Waals surface area contributed by atoms with Crippen molar-refractivity contribution in [2.24, 2.45) is 17.8 Å². The van der Waals surface area contributed by atoms with Crippen LogP contribution in [0, 0.1) is 77.1 Å². The van der Waals surface area contributed by atoms with E-state index in [0.29, 0.717) is 17.1 Å². The van der Waals surface area contributed by atoms with Crippen LogP contribution in [0.5, 0.6) is 34.9 Å². The van der Waals surface area contributed by atoms with Crippen molar-refractivity contribution < 1.29 is 67.7 Å². The Balaban J connectivity index is 1.06. The van der Waals surface area contributed by atoms with E-state index in [1.807, 2.05) is 0 Å². The first kappa shape index (κ1) is 48.0. The molecule has 366 valence electrons. The predicted octanol–water partition coefficient (Wildman–Crippen LogP) is 9.36. The number of nitrogens with zero attached hydrogens (tertiary/aromatic N) is 9. The molecule has 0 N–H and O–H groups in total. The lowest BCUT2D eigenvalue weighted by atomic mass is 10.2. The SMILES string of the molecule is Cc1ccc([C@H]2C[C@@H]2C(F)(F)Oc2nc(C)nc(F)c2OB(Oc2c(F)nc(C)nc2OC(F)(F)[C@H]2C[C@@H]2c2ccc(C)cn2)Oc2c(F)nc(C)nc2OC(F)(F)[C@H]2C[C@@H]2c2ccc(C)cn2)nc1. The van der Waals surface area contributed by atoms with Crippen molar-refractivity contribution >= 4 is 7.32 Å². The smallest absolute Gasteiger partial charge is 0.482 e. The number of hydrogen-bond acceptors (Lipinski definition) is 15. The van der Waals surface area contributed by atoms with E-state index in [2.05, 4.69) is 44.9 Å². The topological polar surface area (TPSA) is 171 Å². The highest BCUT2D eigenvalue weighted by atomic mass is 19.3. The third-order valence-electron chi connectivity index (χ3n) is 11.7. The second-order valence-corrected chi connectivity index (χ2v) is 17.3. The fourth-order valence-corrected chi connectivity index (χ4v) is 7.77. The van der Waals surface area contributed by atoms with Crippen molar-refractivity contribution in [3.8, 4) is 34.9 Å². The first-order chi connectivity index (χ1) is 33.0. The Hall–Kier alpha value is -7.08. The van der Waals surface area contributed by atoms with Gasteiger partial charge in [0.15, 0.2) is 0 Å². The molecular weight excluding hydrogens is 944 g/mol. The number of alkyl halides is 6.